The van der Waals surface area contributed by atoms with Gasteiger partial charge in [0.15, 0.2) is 0 Å². The summed E-state index contributed by atoms with van der Waals surface area (Å²) in [5, 5.41) is 22.6. The number of aliphatic hydroxyl groups is 1. The van der Waals surface area contributed by atoms with Crippen molar-refractivity contribution in [2.75, 3.05) is 6.61 Å². The molecule has 0 saturated carbocycles. The normalized spacial score (nSPS) is 12.6. The van der Waals surface area contributed by atoms with Gasteiger partial charge in [0.2, 0.25) is 0 Å². The highest BCUT2D eigenvalue weighted by atomic mass is 16.3. The molecule has 0 unspecified atom stereocenters. The molecule has 0 fully saturated rings. The molecule has 0 aliphatic carbocycles. The molecule has 2 aromatic rings. The molecule has 1 atom stereocenters. The first-order valence-corrected chi connectivity index (χ1v) is 7.33. The third-order valence-corrected chi connectivity index (χ3v) is 3.74. The Kier molecular flexibility index (Phi) is 5.37. The highest BCUT2D eigenvalue weighted by Crippen LogP contribution is 2.26. The van der Waals surface area contributed by atoms with Gasteiger partial charge in [-0.25, -0.2) is 0 Å². The van der Waals surface area contributed by atoms with Gasteiger partial charge in [0.05, 0.1) is 6.61 Å². The smallest absolute Gasteiger partial charge is 0.120 e. The molecule has 0 aliphatic heterocycles. The van der Waals surface area contributed by atoms with Crippen LogP contribution in [-0.4, -0.2) is 22.9 Å². The molecular weight excluding hydrogens is 262 g/mol. The van der Waals surface area contributed by atoms with Crippen molar-refractivity contribution in [1.82, 2.24) is 5.32 Å². The first-order valence-electron chi connectivity index (χ1n) is 7.33. The predicted octanol–water partition coefficient (Wildman–Crippen LogP) is 3.17. The molecule has 0 saturated heterocycles. The summed E-state index contributed by atoms with van der Waals surface area (Å²) in [5.74, 6) is 0.622. The van der Waals surface area contributed by atoms with Gasteiger partial charge < -0.3 is 15.5 Å². The van der Waals surface area contributed by atoms with E-state index in [1.807, 2.05) is 42.5 Å². The maximum Gasteiger partial charge on any atom is 0.120 e. The second-order valence-corrected chi connectivity index (χ2v) is 5.62. The molecule has 2 aromatic carbocycles. The lowest BCUT2D eigenvalue weighted by molar-refractivity contribution is 0.209. The fraction of sp³-hybridized carbons (Fsp3) is 0.333. The maximum atomic E-state index is 10.0. The van der Waals surface area contributed by atoms with Crippen LogP contribution < -0.4 is 5.32 Å². The minimum atomic E-state index is 0.0322. The molecule has 3 N–H and O–H groups in total. The summed E-state index contributed by atoms with van der Waals surface area (Å²) in [6.45, 7) is 4.76. The van der Waals surface area contributed by atoms with Gasteiger partial charge >= 0.3 is 0 Å². The SMILES string of the molecule is CC(C)[C@@H](CO)NCc1cc(-c2ccccc2)ccc1O. The minimum absolute atomic E-state index is 0.0322. The molecule has 0 aromatic heterocycles. The molecule has 0 bridgehead atoms. The van der Waals surface area contributed by atoms with Gasteiger partial charge in [-0.2, -0.15) is 0 Å². The maximum absolute atomic E-state index is 10.0. The van der Waals surface area contributed by atoms with E-state index in [4.69, 9.17) is 0 Å². The fourth-order valence-corrected chi connectivity index (χ4v) is 2.29. The third kappa shape index (κ3) is 4.06. The van der Waals surface area contributed by atoms with Crippen molar-refractivity contribution in [3.63, 3.8) is 0 Å². The first kappa shape index (κ1) is 15.5. The van der Waals surface area contributed by atoms with Gasteiger partial charge in [-0.1, -0.05) is 50.2 Å². The zero-order chi connectivity index (χ0) is 15.2. The topological polar surface area (TPSA) is 52.5 Å². The van der Waals surface area contributed by atoms with Gasteiger partial charge in [-0.15, -0.1) is 0 Å². The van der Waals surface area contributed by atoms with E-state index >= 15 is 0 Å². The van der Waals surface area contributed by atoms with E-state index in [1.54, 1.807) is 6.07 Å². The van der Waals surface area contributed by atoms with Gasteiger partial charge in [-0.05, 0) is 29.2 Å². The number of aromatic hydroxyl groups is 1. The summed E-state index contributed by atoms with van der Waals surface area (Å²) in [4.78, 5) is 0. The van der Waals surface area contributed by atoms with Crippen molar-refractivity contribution in [3.05, 3.63) is 54.1 Å². The Morgan fingerprint density at radius 2 is 1.71 bits per heavy atom. The largest absolute Gasteiger partial charge is 0.508 e. The lowest BCUT2D eigenvalue weighted by Gasteiger charge is -2.20. The zero-order valence-electron chi connectivity index (χ0n) is 12.6. The molecule has 0 amide bonds. The van der Waals surface area contributed by atoms with Crippen molar-refractivity contribution in [1.29, 1.82) is 0 Å². The predicted molar refractivity (Wildman–Crippen MR) is 86.1 cm³/mol. The standard InChI is InChI=1S/C18H23NO2/c1-13(2)17(12-20)19-11-16-10-15(8-9-18(16)21)14-6-4-3-5-7-14/h3-10,13,17,19-21H,11-12H2,1-2H3/t17-/m1/s1. The summed E-state index contributed by atoms with van der Waals surface area (Å²) >= 11 is 0. The van der Waals surface area contributed by atoms with E-state index in [1.165, 1.54) is 0 Å². The van der Waals surface area contributed by atoms with Crippen LogP contribution in [0.3, 0.4) is 0 Å². The Hall–Kier alpha value is -1.84. The fourth-order valence-electron chi connectivity index (χ4n) is 2.29. The number of phenolic OH excluding ortho intramolecular Hbond substituents is 1. The molecule has 112 valence electrons. The van der Waals surface area contributed by atoms with E-state index in [-0.39, 0.29) is 18.4 Å². The van der Waals surface area contributed by atoms with E-state index in [9.17, 15) is 10.2 Å². The molecular formula is C18H23NO2. The van der Waals surface area contributed by atoms with Gasteiger partial charge in [-0.3, -0.25) is 0 Å². The summed E-state index contributed by atoms with van der Waals surface area (Å²) < 4.78 is 0. The highest BCUT2D eigenvalue weighted by molar-refractivity contribution is 5.65. The Morgan fingerprint density at radius 1 is 1.00 bits per heavy atom. The van der Waals surface area contributed by atoms with Crippen LogP contribution in [0.4, 0.5) is 0 Å². The van der Waals surface area contributed by atoms with Crippen LogP contribution in [0.2, 0.25) is 0 Å². The van der Waals surface area contributed by atoms with Gasteiger partial charge in [0.25, 0.3) is 0 Å². The van der Waals surface area contributed by atoms with Crippen LogP contribution >= 0.6 is 0 Å². The van der Waals surface area contributed by atoms with Gasteiger partial charge in [0.1, 0.15) is 5.75 Å². The average Bonchev–Trinajstić information content (AvgIpc) is 2.50. The van der Waals surface area contributed by atoms with E-state index in [0.29, 0.717) is 12.5 Å². The number of aliphatic hydroxyl groups excluding tert-OH is 1. The summed E-state index contributed by atoms with van der Waals surface area (Å²) in [5.41, 5.74) is 3.05. The molecule has 0 aliphatic rings. The Bertz CT molecular complexity index is 567. The quantitative estimate of drug-likeness (QED) is 0.764. The molecule has 0 spiro atoms. The summed E-state index contributed by atoms with van der Waals surface area (Å²) in [6, 6.07) is 15.8. The molecule has 21 heavy (non-hydrogen) atoms. The number of rotatable bonds is 6. The van der Waals surface area contributed by atoms with E-state index in [2.05, 4.69) is 19.2 Å². The second-order valence-electron chi connectivity index (χ2n) is 5.62. The van der Waals surface area contributed by atoms with Crippen molar-refractivity contribution in [2.45, 2.75) is 26.4 Å². The highest BCUT2D eigenvalue weighted by Gasteiger charge is 2.12. The molecule has 2 rings (SSSR count). The summed E-state index contributed by atoms with van der Waals surface area (Å²) in [7, 11) is 0. The number of phenols is 1. The van der Waals surface area contributed by atoms with Crippen molar-refractivity contribution < 1.29 is 10.2 Å². The number of hydrogen-bond acceptors (Lipinski definition) is 3. The van der Waals surface area contributed by atoms with Crippen molar-refractivity contribution in [3.8, 4) is 16.9 Å². The van der Waals surface area contributed by atoms with Crippen LogP contribution in [-0.2, 0) is 6.54 Å². The lowest BCUT2D eigenvalue weighted by atomic mass is 10.0. The average molecular weight is 285 g/mol. The van der Waals surface area contributed by atoms with Crippen LogP contribution in [0.5, 0.6) is 5.75 Å². The van der Waals surface area contributed by atoms with Crippen LogP contribution in [0.25, 0.3) is 11.1 Å². The monoisotopic (exact) mass is 285 g/mol. The molecule has 0 radical (unpaired) electrons. The lowest BCUT2D eigenvalue weighted by Crippen LogP contribution is -2.36. The second kappa shape index (κ2) is 7.25. The first-order chi connectivity index (χ1) is 10.1. The molecule has 3 nitrogen and oxygen atoms in total. The molecule has 3 heteroatoms. The van der Waals surface area contributed by atoms with Crippen LogP contribution in [0.15, 0.2) is 48.5 Å². The Labute approximate surface area is 126 Å². The third-order valence-electron chi connectivity index (χ3n) is 3.74. The summed E-state index contributed by atoms with van der Waals surface area (Å²) in [6.07, 6.45) is 0. The van der Waals surface area contributed by atoms with Crippen molar-refractivity contribution in [2.24, 2.45) is 5.92 Å². The number of benzene rings is 2. The Morgan fingerprint density at radius 3 is 2.33 bits per heavy atom. The van der Waals surface area contributed by atoms with Crippen LogP contribution in [0.1, 0.15) is 19.4 Å². The van der Waals surface area contributed by atoms with Crippen molar-refractivity contribution >= 4 is 0 Å². The Balaban J connectivity index is 2.16. The number of nitrogens with one attached hydrogen (secondary N) is 1. The van der Waals surface area contributed by atoms with E-state index < -0.39 is 0 Å². The minimum Gasteiger partial charge on any atom is -0.508 e. The van der Waals surface area contributed by atoms with E-state index in [0.717, 1.165) is 16.7 Å². The van der Waals surface area contributed by atoms with Gasteiger partial charge in [0, 0.05) is 18.2 Å². The van der Waals surface area contributed by atoms with Crippen LogP contribution in [0, 0.1) is 5.92 Å². The number of hydrogen-bond donors (Lipinski definition) is 3. The zero-order valence-corrected chi connectivity index (χ0v) is 12.6. The molecule has 0 heterocycles.